The standard InChI is InChI=1S/C25H32N2O4.C23H28N2O4/c1-3-30-24(28)23(20-13-8-5-9-14-20)26-25(29)27(2)21-15-10-16-22(17-21)31-18-19-11-6-4-7-12-19;1-25(23(28)24-21(22(26)27)18-11-6-3-7-12-18)19-13-8-14-20(15-19)29-16-17-9-4-2-5-10-17/h4,6-7,10-12,15-17,20,23H,3,5,8-9,13-14,18H2,1-2H3,(H,26,29);2,4-5,8-10,13-15,18,21H,3,6-7,11-12,16H2,1H3,(H,24,28)(H,26,27)/t23-;21-/m00/s1. The van der Waals surface area contributed by atoms with E-state index in [1.807, 2.05) is 97.1 Å². The van der Waals surface area contributed by atoms with Crippen LogP contribution < -0.4 is 29.9 Å². The van der Waals surface area contributed by atoms with Crippen molar-refractivity contribution < 1.29 is 38.5 Å². The SMILES string of the molecule is CCOC(=O)[C@@H](NC(=O)N(C)c1cccc(OCc2ccccc2)c1)C1CCCCC1.CN(C(=O)N[C@H](C(=O)O)C1CCCCC1)c1cccc(OCc2ccccc2)c1. The van der Waals surface area contributed by atoms with Gasteiger partial charge < -0.3 is 30.0 Å². The fourth-order valence-corrected chi connectivity index (χ4v) is 7.66. The summed E-state index contributed by atoms with van der Waals surface area (Å²) >= 11 is 0. The molecule has 0 saturated heterocycles. The molecule has 3 N–H and O–H groups in total. The molecule has 4 aromatic rings. The van der Waals surface area contributed by atoms with Crippen LogP contribution in [0.5, 0.6) is 11.5 Å². The smallest absolute Gasteiger partial charge is 0.328 e. The number of hydrogen-bond donors (Lipinski definition) is 3. The lowest BCUT2D eigenvalue weighted by Crippen LogP contribution is -2.51. The van der Waals surface area contributed by atoms with Crippen molar-refractivity contribution in [3.05, 3.63) is 120 Å². The van der Waals surface area contributed by atoms with Crippen molar-refractivity contribution in [2.24, 2.45) is 11.8 Å². The Labute approximate surface area is 354 Å². The van der Waals surface area contributed by atoms with Crippen LogP contribution in [0.15, 0.2) is 109 Å². The molecule has 0 spiro atoms. The minimum Gasteiger partial charge on any atom is -0.489 e. The number of carboxylic acids is 1. The van der Waals surface area contributed by atoms with Gasteiger partial charge in [-0.2, -0.15) is 0 Å². The van der Waals surface area contributed by atoms with Gasteiger partial charge in [0.25, 0.3) is 0 Å². The summed E-state index contributed by atoms with van der Waals surface area (Å²) in [7, 11) is 3.32. The van der Waals surface area contributed by atoms with E-state index >= 15 is 0 Å². The Kier molecular flexibility index (Phi) is 17.7. The van der Waals surface area contributed by atoms with Crippen molar-refractivity contribution in [3.8, 4) is 11.5 Å². The summed E-state index contributed by atoms with van der Waals surface area (Å²) in [6.07, 6.45) is 10.0. The molecule has 2 aliphatic rings. The number of anilines is 2. The first-order valence-corrected chi connectivity index (χ1v) is 21.1. The molecular weight excluding hydrogens is 761 g/mol. The third-order valence-electron chi connectivity index (χ3n) is 11.1. The number of nitrogens with zero attached hydrogens (tertiary/aromatic N) is 2. The predicted molar refractivity (Wildman–Crippen MR) is 233 cm³/mol. The van der Waals surface area contributed by atoms with Crippen LogP contribution in [0.1, 0.15) is 82.3 Å². The van der Waals surface area contributed by atoms with Crippen LogP contribution in [0.4, 0.5) is 21.0 Å². The number of hydrogen-bond acceptors (Lipinski definition) is 7. The number of aliphatic carboxylic acids is 1. The van der Waals surface area contributed by atoms with Gasteiger partial charge in [-0.25, -0.2) is 19.2 Å². The highest BCUT2D eigenvalue weighted by molar-refractivity contribution is 5.95. The fraction of sp³-hybridized carbons (Fsp3) is 0.417. The van der Waals surface area contributed by atoms with Crippen LogP contribution in [0.3, 0.4) is 0 Å². The molecule has 6 rings (SSSR count). The highest BCUT2D eigenvalue weighted by Crippen LogP contribution is 2.29. The zero-order valence-electron chi connectivity index (χ0n) is 35.1. The molecule has 0 aliphatic heterocycles. The molecule has 0 aromatic heterocycles. The van der Waals surface area contributed by atoms with E-state index < -0.39 is 24.1 Å². The first-order chi connectivity index (χ1) is 29.1. The summed E-state index contributed by atoms with van der Waals surface area (Å²) in [5.41, 5.74) is 3.46. The topological polar surface area (TPSA) is 147 Å². The Morgan fingerprint density at radius 3 is 1.43 bits per heavy atom. The minimum absolute atomic E-state index is 0.0147. The molecule has 0 bridgehead atoms. The van der Waals surface area contributed by atoms with Crippen molar-refractivity contribution in [2.75, 3.05) is 30.5 Å². The summed E-state index contributed by atoms with van der Waals surface area (Å²) < 4.78 is 16.9. The van der Waals surface area contributed by atoms with Crippen LogP contribution in [0, 0.1) is 11.8 Å². The number of benzene rings is 4. The van der Waals surface area contributed by atoms with Crippen molar-refractivity contribution in [1.29, 1.82) is 0 Å². The molecule has 12 heteroatoms. The normalized spacial score (nSPS) is 15.2. The molecule has 0 unspecified atom stereocenters. The molecule has 320 valence electrons. The second-order valence-corrected chi connectivity index (χ2v) is 15.4. The fourth-order valence-electron chi connectivity index (χ4n) is 7.66. The molecule has 2 fully saturated rings. The first-order valence-electron chi connectivity index (χ1n) is 21.1. The molecule has 2 aliphatic carbocycles. The van der Waals surface area contributed by atoms with E-state index in [9.17, 15) is 24.3 Å². The van der Waals surface area contributed by atoms with Gasteiger partial charge in [-0.1, -0.05) is 111 Å². The van der Waals surface area contributed by atoms with E-state index in [-0.39, 0.29) is 23.8 Å². The lowest BCUT2D eigenvalue weighted by Gasteiger charge is -2.30. The number of ether oxygens (including phenoxy) is 3. The van der Waals surface area contributed by atoms with Gasteiger partial charge in [-0.05, 0) is 79.8 Å². The summed E-state index contributed by atoms with van der Waals surface area (Å²) in [5, 5.41) is 15.2. The van der Waals surface area contributed by atoms with Gasteiger partial charge in [0, 0.05) is 37.6 Å². The zero-order chi connectivity index (χ0) is 42.7. The van der Waals surface area contributed by atoms with Crippen LogP contribution in [0.2, 0.25) is 0 Å². The zero-order valence-corrected chi connectivity index (χ0v) is 35.1. The van der Waals surface area contributed by atoms with Gasteiger partial charge in [0.1, 0.15) is 36.8 Å². The van der Waals surface area contributed by atoms with Crippen LogP contribution in [-0.4, -0.2) is 61.9 Å². The Balaban J connectivity index is 0.000000228. The number of carboxylic acid groups (broad SMARTS) is 1. The molecule has 0 radical (unpaired) electrons. The molecule has 12 nitrogen and oxygen atoms in total. The van der Waals surface area contributed by atoms with E-state index in [4.69, 9.17) is 14.2 Å². The molecule has 4 aromatic carbocycles. The Bertz CT molecular complexity index is 1950. The monoisotopic (exact) mass is 820 g/mol. The maximum Gasteiger partial charge on any atom is 0.328 e. The quantitative estimate of drug-likeness (QED) is 0.101. The summed E-state index contributed by atoms with van der Waals surface area (Å²) in [4.78, 5) is 52.8. The van der Waals surface area contributed by atoms with Crippen LogP contribution in [0.25, 0.3) is 0 Å². The van der Waals surface area contributed by atoms with Gasteiger partial charge in [-0.3, -0.25) is 9.80 Å². The third kappa shape index (κ3) is 13.8. The highest BCUT2D eigenvalue weighted by Gasteiger charge is 2.34. The Morgan fingerprint density at radius 1 is 0.600 bits per heavy atom. The Morgan fingerprint density at radius 2 is 1.02 bits per heavy atom. The molecule has 2 saturated carbocycles. The average molecular weight is 821 g/mol. The number of rotatable bonds is 15. The third-order valence-corrected chi connectivity index (χ3v) is 11.1. The second-order valence-electron chi connectivity index (χ2n) is 15.4. The maximum absolute atomic E-state index is 13.0. The lowest BCUT2D eigenvalue weighted by atomic mass is 9.84. The minimum atomic E-state index is -0.974. The highest BCUT2D eigenvalue weighted by atomic mass is 16.5. The summed E-state index contributed by atoms with van der Waals surface area (Å²) in [5.74, 6) is 0.0998. The van der Waals surface area contributed by atoms with Gasteiger partial charge in [0.15, 0.2) is 0 Å². The van der Waals surface area contributed by atoms with Crippen molar-refractivity contribution in [2.45, 2.75) is 96.4 Å². The average Bonchev–Trinajstić information content (AvgIpc) is 3.29. The van der Waals surface area contributed by atoms with Crippen molar-refractivity contribution in [1.82, 2.24) is 10.6 Å². The number of nitrogens with one attached hydrogen (secondary N) is 2. The van der Waals surface area contributed by atoms with Gasteiger partial charge in [0.2, 0.25) is 0 Å². The molecule has 0 heterocycles. The summed E-state index contributed by atoms with van der Waals surface area (Å²) in [6.45, 7) is 2.97. The first kappa shape index (κ1) is 45.1. The number of carbonyl (C=O) groups excluding carboxylic acids is 3. The largest absolute Gasteiger partial charge is 0.489 e. The number of urea groups is 2. The van der Waals surface area contributed by atoms with Crippen LogP contribution >= 0.6 is 0 Å². The van der Waals surface area contributed by atoms with E-state index in [2.05, 4.69) is 10.6 Å². The molecule has 60 heavy (non-hydrogen) atoms. The van der Waals surface area contributed by atoms with E-state index in [0.29, 0.717) is 42.7 Å². The summed E-state index contributed by atoms with van der Waals surface area (Å²) in [6, 6.07) is 32.1. The molecule has 4 amide bonds. The predicted octanol–water partition coefficient (Wildman–Crippen LogP) is 9.37. The van der Waals surface area contributed by atoms with E-state index in [1.165, 1.54) is 16.2 Å². The van der Waals surface area contributed by atoms with Crippen LogP contribution in [-0.2, 0) is 27.5 Å². The van der Waals surface area contributed by atoms with Crippen molar-refractivity contribution >= 4 is 35.4 Å². The Hall–Kier alpha value is -6.04. The van der Waals surface area contributed by atoms with E-state index in [0.717, 1.165) is 68.9 Å². The van der Waals surface area contributed by atoms with Crippen molar-refractivity contribution in [3.63, 3.8) is 0 Å². The lowest BCUT2D eigenvalue weighted by molar-refractivity contribution is -0.147. The van der Waals surface area contributed by atoms with Gasteiger partial charge in [0.05, 0.1) is 6.61 Å². The number of carbonyl (C=O) groups is 4. The molecule has 2 atom stereocenters. The van der Waals surface area contributed by atoms with Gasteiger partial charge >= 0.3 is 24.0 Å². The molecular formula is C48H60N4O8. The number of esters is 1. The second kappa shape index (κ2) is 23.5. The maximum atomic E-state index is 13.0. The van der Waals surface area contributed by atoms with Gasteiger partial charge in [-0.15, -0.1) is 0 Å². The number of amides is 4. The van der Waals surface area contributed by atoms with E-state index in [1.54, 1.807) is 33.2 Å².